The van der Waals surface area contributed by atoms with Crippen molar-refractivity contribution in [3.63, 3.8) is 0 Å². The van der Waals surface area contributed by atoms with Gasteiger partial charge in [0.1, 0.15) is 13.3 Å². The van der Waals surface area contributed by atoms with E-state index in [2.05, 4.69) is 10.3 Å². The number of rotatable bonds is 5. The number of allylic oxidation sites excluding steroid dienone is 1. The molecular weight excluding hydrogens is 245 g/mol. The number of nitrogens with two attached hydrogens (primary N) is 1. The number of nitrogens with zero attached hydrogens (tertiary/aromatic N) is 1. The molecular formula is C14H18FN3O. The van der Waals surface area contributed by atoms with E-state index in [0.717, 1.165) is 16.7 Å². The summed E-state index contributed by atoms with van der Waals surface area (Å²) in [5.41, 5.74) is 8.63. The molecule has 4 nitrogen and oxygen atoms in total. The Labute approximate surface area is 112 Å². The van der Waals surface area contributed by atoms with Crippen LogP contribution in [0.5, 0.6) is 0 Å². The largest absolute Gasteiger partial charge is 0.375 e. The van der Waals surface area contributed by atoms with Gasteiger partial charge < -0.3 is 15.8 Å². The van der Waals surface area contributed by atoms with Crippen molar-refractivity contribution in [2.75, 3.05) is 20.5 Å². The number of methoxy groups -OCH3 is 1. The maximum Gasteiger partial charge on any atom is 0.107 e. The van der Waals surface area contributed by atoms with Gasteiger partial charge in [-0.25, -0.2) is 4.39 Å². The summed E-state index contributed by atoms with van der Waals surface area (Å²) < 4.78 is 17.9. The van der Waals surface area contributed by atoms with Gasteiger partial charge in [-0.15, -0.1) is 0 Å². The van der Waals surface area contributed by atoms with Crippen molar-refractivity contribution in [2.45, 2.75) is 12.1 Å². The Morgan fingerprint density at radius 1 is 1.42 bits per heavy atom. The van der Waals surface area contributed by atoms with E-state index in [9.17, 15) is 4.39 Å². The van der Waals surface area contributed by atoms with Gasteiger partial charge in [-0.05, 0) is 11.1 Å². The molecule has 0 fully saturated rings. The van der Waals surface area contributed by atoms with Crippen LogP contribution in [0.1, 0.15) is 17.2 Å². The molecule has 0 bridgehead atoms. The summed E-state index contributed by atoms with van der Waals surface area (Å²) in [6.07, 6.45) is 3.32. The van der Waals surface area contributed by atoms with E-state index >= 15 is 0 Å². The highest BCUT2D eigenvalue weighted by Crippen LogP contribution is 2.22. The Morgan fingerprint density at radius 3 is 2.68 bits per heavy atom. The molecule has 19 heavy (non-hydrogen) atoms. The number of nitrogens with one attached hydrogen (secondary N) is 1. The Balaban J connectivity index is 2.17. The third-order valence-electron chi connectivity index (χ3n) is 3.06. The minimum absolute atomic E-state index is 0.425. The number of halogens is 1. The van der Waals surface area contributed by atoms with E-state index < -0.39 is 18.8 Å². The fraction of sp³-hybridized carbons (Fsp3) is 0.357. The van der Waals surface area contributed by atoms with Gasteiger partial charge in [0.2, 0.25) is 0 Å². The lowest BCUT2D eigenvalue weighted by Crippen LogP contribution is -2.31. The first-order valence-corrected chi connectivity index (χ1v) is 6.14. The molecule has 102 valence electrons. The first kappa shape index (κ1) is 13.7. The van der Waals surface area contributed by atoms with Crippen molar-refractivity contribution in [2.24, 2.45) is 10.7 Å². The zero-order valence-corrected chi connectivity index (χ0v) is 10.8. The highest BCUT2D eigenvalue weighted by molar-refractivity contribution is 6.10. The third kappa shape index (κ3) is 3.19. The molecule has 0 aliphatic carbocycles. The number of benzene rings is 1. The Kier molecular flexibility index (Phi) is 4.65. The molecule has 0 saturated heterocycles. The average molecular weight is 263 g/mol. The summed E-state index contributed by atoms with van der Waals surface area (Å²) in [4.78, 5) is 4.15. The van der Waals surface area contributed by atoms with Crippen LogP contribution in [0, 0.1) is 0 Å². The number of hydrogen-bond donors (Lipinski definition) is 2. The van der Waals surface area contributed by atoms with Gasteiger partial charge in [-0.3, -0.25) is 4.99 Å². The lowest BCUT2D eigenvalue weighted by atomic mass is 9.99. The van der Waals surface area contributed by atoms with Gasteiger partial charge in [-0.2, -0.15) is 0 Å². The molecule has 3 N–H and O–H groups in total. The maximum atomic E-state index is 12.6. The van der Waals surface area contributed by atoms with Crippen LogP contribution in [0.3, 0.4) is 0 Å². The Morgan fingerprint density at radius 2 is 2.16 bits per heavy atom. The molecule has 2 unspecified atom stereocenters. The van der Waals surface area contributed by atoms with Crippen LogP contribution in [0.25, 0.3) is 5.57 Å². The first-order chi connectivity index (χ1) is 9.26. The fourth-order valence-corrected chi connectivity index (χ4v) is 2.05. The number of aliphatic imine (C=N–C) groups is 1. The highest BCUT2D eigenvalue weighted by Gasteiger charge is 2.19. The van der Waals surface area contributed by atoms with Crippen molar-refractivity contribution in [3.05, 3.63) is 41.6 Å². The minimum atomic E-state index is -0.645. The summed E-state index contributed by atoms with van der Waals surface area (Å²) >= 11 is 0. The van der Waals surface area contributed by atoms with Crippen molar-refractivity contribution < 1.29 is 9.13 Å². The van der Waals surface area contributed by atoms with Gasteiger partial charge in [0.05, 0.1) is 12.1 Å². The summed E-state index contributed by atoms with van der Waals surface area (Å²) in [6.45, 7) is 0.000669. The molecule has 0 aromatic heterocycles. The van der Waals surface area contributed by atoms with E-state index in [1.165, 1.54) is 7.11 Å². The maximum absolute atomic E-state index is 12.6. The molecule has 2 rings (SSSR count). The molecule has 1 heterocycles. The molecule has 0 saturated carbocycles. The van der Waals surface area contributed by atoms with Crippen molar-refractivity contribution in [1.29, 1.82) is 0 Å². The van der Waals surface area contributed by atoms with Crippen LogP contribution < -0.4 is 11.1 Å². The molecule has 0 spiro atoms. The Hall–Kier alpha value is -1.72. The third-order valence-corrected chi connectivity index (χ3v) is 3.06. The van der Waals surface area contributed by atoms with Gasteiger partial charge in [0.25, 0.3) is 0 Å². The van der Waals surface area contributed by atoms with Crippen molar-refractivity contribution in [3.8, 4) is 0 Å². The molecule has 1 aliphatic heterocycles. The van der Waals surface area contributed by atoms with Gasteiger partial charge in [-0.1, -0.05) is 24.3 Å². The van der Waals surface area contributed by atoms with Gasteiger partial charge in [0, 0.05) is 25.1 Å². The molecule has 0 radical (unpaired) electrons. The minimum Gasteiger partial charge on any atom is -0.375 e. The van der Waals surface area contributed by atoms with Crippen LogP contribution in [0.2, 0.25) is 0 Å². The highest BCUT2D eigenvalue weighted by atomic mass is 19.1. The number of alkyl halides is 1. The molecule has 1 aromatic carbocycles. The van der Waals surface area contributed by atoms with E-state index in [-0.39, 0.29) is 0 Å². The van der Waals surface area contributed by atoms with E-state index in [1.807, 2.05) is 36.7 Å². The quantitative estimate of drug-likeness (QED) is 0.849. The van der Waals surface area contributed by atoms with Crippen molar-refractivity contribution in [1.82, 2.24) is 5.32 Å². The lowest BCUT2D eigenvalue weighted by molar-refractivity contribution is 0.0721. The molecule has 0 amide bonds. The van der Waals surface area contributed by atoms with Gasteiger partial charge in [0.15, 0.2) is 0 Å². The summed E-state index contributed by atoms with van der Waals surface area (Å²) in [5, 5.41) is 3.05. The second kappa shape index (κ2) is 6.45. The lowest BCUT2D eigenvalue weighted by Gasteiger charge is -2.21. The fourth-order valence-electron chi connectivity index (χ4n) is 2.05. The van der Waals surface area contributed by atoms with Crippen LogP contribution in [-0.4, -0.2) is 32.7 Å². The molecule has 1 aliphatic rings. The van der Waals surface area contributed by atoms with Crippen LogP contribution in [0.4, 0.5) is 4.39 Å². The molecule has 1 aromatic rings. The summed E-state index contributed by atoms with van der Waals surface area (Å²) in [6, 6.07) is 7.08. The van der Waals surface area contributed by atoms with E-state index in [4.69, 9.17) is 10.5 Å². The topological polar surface area (TPSA) is 59.6 Å². The predicted octanol–water partition coefficient (Wildman–Crippen LogP) is 1.64. The second-order valence-corrected chi connectivity index (χ2v) is 4.37. The second-order valence-electron chi connectivity index (χ2n) is 4.37. The average Bonchev–Trinajstić information content (AvgIpc) is 2.49. The van der Waals surface area contributed by atoms with Crippen LogP contribution in [-0.2, 0) is 4.74 Å². The normalized spacial score (nSPS) is 17.5. The van der Waals surface area contributed by atoms with Crippen LogP contribution >= 0.6 is 0 Å². The smallest absolute Gasteiger partial charge is 0.107 e. The summed E-state index contributed by atoms with van der Waals surface area (Å²) in [7, 11) is 1.54. The zero-order valence-electron chi connectivity index (χ0n) is 10.8. The first-order valence-electron chi connectivity index (χ1n) is 6.14. The zero-order chi connectivity index (χ0) is 13.7. The Bertz CT molecular complexity index is 470. The molecule has 2 atom stereocenters. The van der Waals surface area contributed by atoms with E-state index in [1.54, 1.807) is 0 Å². The monoisotopic (exact) mass is 263 g/mol. The molecule has 5 heteroatoms. The number of hydrogen-bond acceptors (Lipinski definition) is 4. The predicted molar refractivity (Wildman–Crippen MR) is 74.6 cm³/mol. The van der Waals surface area contributed by atoms with Gasteiger partial charge >= 0.3 is 0 Å². The standard InChI is InChI=1S/C14H18FN3O/c1-19-14(13(16)6-15)11-4-2-10(3-5-11)12-7-17-9-18-8-12/h2-5,7-8,13-14,17H,6,9,16H2,1H3. The van der Waals surface area contributed by atoms with E-state index in [0.29, 0.717) is 6.67 Å². The SMILES string of the molecule is COC(c1ccc(C2=CNCN=C2)cc1)C(N)CF. The summed E-state index contributed by atoms with van der Waals surface area (Å²) in [5.74, 6) is 0. The van der Waals surface area contributed by atoms with Crippen LogP contribution in [0.15, 0.2) is 35.5 Å². The number of ether oxygens (including phenoxy) is 1. The van der Waals surface area contributed by atoms with Crippen molar-refractivity contribution >= 4 is 11.8 Å².